The molecule has 0 aromatic carbocycles. The number of rotatable bonds is 5. The molecule has 1 rings (SSSR count). The van der Waals surface area contributed by atoms with Gasteiger partial charge in [0.25, 0.3) is 0 Å². The average molecular weight is 278 g/mol. The second kappa shape index (κ2) is 5.52. The Morgan fingerprint density at radius 1 is 1.58 bits per heavy atom. The Hall–Kier alpha value is -1.70. The van der Waals surface area contributed by atoms with Crippen LogP contribution in [0.1, 0.15) is 24.3 Å². The molecule has 19 heavy (non-hydrogen) atoms. The van der Waals surface area contributed by atoms with Crippen molar-refractivity contribution < 1.29 is 28.2 Å². The Morgan fingerprint density at radius 3 is 2.63 bits per heavy atom. The highest BCUT2D eigenvalue weighted by Crippen LogP contribution is 2.38. The van der Waals surface area contributed by atoms with Gasteiger partial charge in [-0.1, -0.05) is 0 Å². The number of ether oxygens (including phenoxy) is 2. The van der Waals surface area contributed by atoms with Gasteiger partial charge in [-0.25, -0.2) is 9.48 Å². The predicted molar refractivity (Wildman–Crippen MR) is 61.0 cm³/mol. The van der Waals surface area contributed by atoms with Crippen molar-refractivity contribution in [1.29, 1.82) is 0 Å². The van der Waals surface area contributed by atoms with Gasteiger partial charge in [0.1, 0.15) is 0 Å². The monoisotopic (exact) mass is 278 g/mol. The number of aliphatic hydroxyl groups excluding tert-OH is 1. The van der Waals surface area contributed by atoms with Crippen LogP contribution in [0.25, 0.3) is 0 Å². The summed E-state index contributed by atoms with van der Waals surface area (Å²) in [5.74, 6) is -5.89. The Bertz CT molecular complexity index is 474. The van der Waals surface area contributed by atoms with E-state index in [9.17, 15) is 18.7 Å². The van der Waals surface area contributed by atoms with E-state index in [0.29, 0.717) is 0 Å². The van der Waals surface area contributed by atoms with Crippen molar-refractivity contribution >= 4 is 5.97 Å². The number of aryl methyl sites for hydroxylation is 2. The van der Waals surface area contributed by atoms with E-state index in [1.54, 1.807) is 0 Å². The largest absolute Gasteiger partial charge is 0.481 e. The molecule has 1 atom stereocenters. The normalized spacial score (nSPS) is 13.2. The molecule has 1 aromatic heterocycles. The second-order valence-corrected chi connectivity index (χ2v) is 3.88. The summed E-state index contributed by atoms with van der Waals surface area (Å²) in [7, 11) is 2.74. The highest BCUT2D eigenvalue weighted by molar-refractivity contribution is 5.78. The summed E-state index contributed by atoms with van der Waals surface area (Å²) in [6.45, 7) is 2.63. The molecule has 0 aliphatic rings. The van der Waals surface area contributed by atoms with E-state index < -0.39 is 18.0 Å². The first kappa shape index (κ1) is 15.4. The quantitative estimate of drug-likeness (QED) is 0.812. The van der Waals surface area contributed by atoms with Gasteiger partial charge in [-0.2, -0.15) is 13.9 Å². The van der Waals surface area contributed by atoms with Crippen molar-refractivity contribution in [2.24, 2.45) is 7.05 Å². The van der Waals surface area contributed by atoms with Gasteiger partial charge in [-0.15, -0.1) is 0 Å². The molecular formula is C11H16F2N2O4. The predicted octanol–water partition coefficient (Wildman–Crippen LogP) is 0.969. The highest BCUT2D eigenvalue weighted by Gasteiger charge is 2.51. The minimum atomic E-state index is -4.07. The molecule has 0 aliphatic heterocycles. The van der Waals surface area contributed by atoms with E-state index in [1.807, 2.05) is 0 Å². The smallest absolute Gasteiger partial charge is 0.380 e. The summed E-state index contributed by atoms with van der Waals surface area (Å²) in [6, 6.07) is 0. The van der Waals surface area contributed by atoms with Gasteiger partial charge < -0.3 is 14.6 Å². The standard InChI is InChI=1S/C11H16F2N2O4/c1-5-19-10(17)11(12,13)8(16)7-6(2)14-15(3)9(7)18-4/h8,16H,5H2,1-4H3. The van der Waals surface area contributed by atoms with Gasteiger partial charge in [0.05, 0.1) is 25.0 Å². The summed E-state index contributed by atoms with van der Waals surface area (Å²) in [4.78, 5) is 11.2. The van der Waals surface area contributed by atoms with Crippen LogP contribution in [0.5, 0.6) is 5.88 Å². The maximum atomic E-state index is 13.8. The number of hydrogen-bond donors (Lipinski definition) is 1. The minimum absolute atomic E-state index is 0.0334. The zero-order valence-electron chi connectivity index (χ0n) is 11.1. The summed E-state index contributed by atoms with van der Waals surface area (Å²) >= 11 is 0. The van der Waals surface area contributed by atoms with E-state index in [2.05, 4.69) is 9.84 Å². The number of esters is 1. The van der Waals surface area contributed by atoms with Crippen molar-refractivity contribution in [3.8, 4) is 5.88 Å². The molecule has 1 N–H and O–H groups in total. The molecule has 0 aliphatic carbocycles. The van der Waals surface area contributed by atoms with Gasteiger partial charge in [0.15, 0.2) is 6.10 Å². The molecule has 6 nitrogen and oxygen atoms in total. The topological polar surface area (TPSA) is 73.6 Å². The molecule has 0 fully saturated rings. The van der Waals surface area contributed by atoms with E-state index in [1.165, 1.54) is 32.7 Å². The molecule has 8 heteroatoms. The number of alkyl halides is 2. The van der Waals surface area contributed by atoms with Gasteiger partial charge >= 0.3 is 11.9 Å². The third kappa shape index (κ3) is 2.67. The highest BCUT2D eigenvalue weighted by atomic mass is 19.3. The van der Waals surface area contributed by atoms with Crippen molar-refractivity contribution in [3.63, 3.8) is 0 Å². The van der Waals surface area contributed by atoms with Gasteiger partial charge in [-0.05, 0) is 13.8 Å². The lowest BCUT2D eigenvalue weighted by atomic mass is 10.0. The van der Waals surface area contributed by atoms with Crippen molar-refractivity contribution in [3.05, 3.63) is 11.3 Å². The van der Waals surface area contributed by atoms with Crippen LogP contribution < -0.4 is 4.74 Å². The van der Waals surface area contributed by atoms with Crippen LogP contribution in [0, 0.1) is 6.92 Å². The van der Waals surface area contributed by atoms with Crippen LogP contribution in [0.15, 0.2) is 0 Å². The van der Waals surface area contributed by atoms with Crippen LogP contribution >= 0.6 is 0 Å². The number of aromatic nitrogens is 2. The first-order valence-corrected chi connectivity index (χ1v) is 5.57. The second-order valence-electron chi connectivity index (χ2n) is 3.88. The summed E-state index contributed by atoms with van der Waals surface area (Å²) in [5, 5.41) is 13.6. The summed E-state index contributed by atoms with van der Waals surface area (Å²) in [6.07, 6.45) is -2.38. The number of methoxy groups -OCH3 is 1. The first-order chi connectivity index (χ1) is 8.77. The van der Waals surface area contributed by atoms with E-state index in [0.717, 1.165) is 0 Å². The van der Waals surface area contributed by atoms with Gasteiger partial charge in [0.2, 0.25) is 5.88 Å². The van der Waals surface area contributed by atoms with Crippen LogP contribution in [0.2, 0.25) is 0 Å². The van der Waals surface area contributed by atoms with Crippen LogP contribution in [-0.4, -0.2) is 40.5 Å². The molecule has 0 saturated heterocycles. The fraction of sp³-hybridized carbons (Fsp3) is 0.636. The molecule has 0 saturated carbocycles. The maximum Gasteiger partial charge on any atom is 0.380 e. The minimum Gasteiger partial charge on any atom is -0.481 e. The molecule has 1 heterocycles. The van der Waals surface area contributed by atoms with E-state index in [-0.39, 0.29) is 23.7 Å². The average Bonchev–Trinajstić information content (AvgIpc) is 2.62. The summed E-state index contributed by atoms with van der Waals surface area (Å²) in [5.41, 5.74) is -0.0844. The Labute approximate surface area is 108 Å². The molecule has 0 bridgehead atoms. The molecular weight excluding hydrogens is 262 g/mol. The van der Waals surface area contributed by atoms with E-state index >= 15 is 0 Å². The van der Waals surface area contributed by atoms with Crippen molar-refractivity contribution in [2.75, 3.05) is 13.7 Å². The summed E-state index contributed by atoms with van der Waals surface area (Å²) < 4.78 is 37.9. The molecule has 1 unspecified atom stereocenters. The maximum absolute atomic E-state index is 13.8. The zero-order chi connectivity index (χ0) is 14.8. The van der Waals surface area contributed by atoms with Crippen molar-refractivity contribution in [2.45, 2.75) is 25.9 Å². The van der Waals surface area contributed by atoms with Crippen LogP contribution in [0.4, 0.5) is 8.78 Å². The lowest BCUT2D eigenvalue weighted by Crippen LogP contribution is -2.37. The van der Waals surface area contributed by atoms with E-state index in [4.69, 9.17) is 4.74 Å². The van der Waals surface area contributed by atoms with Gasteiger partial charge in [-0.3, -0.25) is 0 Å². The number of carbonyl (C=O) groups is 1. The zero-order valence-corrected chi connectivity index (χ0v) is 11.1. The molecule has 0 amide bonds. The van der Waals surface area contributed by atoms with Crippen LogP contribution in [-0.2, 0) is 16.6 Å². The third-order valence-electron chi connectivity index (χ3n) is 2.57. The lowest BCUT2D eigenvalue weighted by molar-refractivity contribution is -0.189. The lowest BCUT2D eigenvalue weighted by Gasteiger charge is -2.21. The SMILES string of the molecule is CCOC(=O)C(F)(F)C(O)c1c(C)nn(C)c1OC. The number of aliphatic hydroxyl groups is 1. The van der Waals surface area contributed by atoms with Crippen molar-refractivity contribution in [1.82, 2.24) is 9.78 Å². The molecule has 108 valence electrons. The number of halogens is 2. The third-order valence-corrected chi connectivity index (χ3v) is 2.57. The number of hydrogen-bond acceptors (Lipinski definition) is 5. The molecule has 1 aromatic rings. The fourth-order valence-electron chi connectivity index (χ4n) is 1.73. The fourth-order valence-corrected chi connectivity index (χ4v) is 1.73. The Morgan fingerprint density at radius 2 is 2.16 bits per heavy atom. The number of carbonyl (C=O) groups excluding carboxylic acids is 1. The Kier molecular flexibility index (Phi) is 4.46. The first-order valence-electron chi connectivity index (χ1n) is 5.57. The van der Waals surface area contributed by atoms with Crippen LogP contribution in [0.3, 0.4) is 0 Å². The molecule has 0 radical (unpaired) electrons. The number of nitrogens with zero attached hydrogens (tertiary/aromatic N) is 2. The Balaban J connectivity index is 3.19. The van der Waals surface area contributed by atoms with Gasteiger partial charge in [0, 0.05) is 7.05 Å². The molecule has 0 spiro atoms.